The van der Waals surface area contributed by atoms with Crippen molar-refractivity contribution in [3.05, 3.63) is 72.8 Å². The lowest BCUT2D eigenvalue weighted by Crippen LogP contribution is -2.22. The zero-order chi connectivity index (χ0) is 17.2. The van der Waals surface area contributed by atoms with E-state index in [0.29, 0.717) is 6.54 Å². The number of anilines is 1. The molecule has 3 aromatic carbocycles. The molecule has 0 aliphatic carbocycles. The number of hydrogen-bond acceptors (Lipinski definition) is 3. The molecule has 1 unspecified atom stereocenters. The molecule has 4 aromatic rings. The Morgan fingerprint density at radius 2 is 1.36 bits per heavy atom. The number of fused-ring (bicyclic) bond motifs is 3. The Kier molecular flexibility index (Phi) is 4.14. The monoisotopic (exact) mass is 332 g/mol. The van der Waals surface area contributed by atoms with Crippen LogP contribution in [0, 0.1) is 0 Å². The zero-order valence-corrected chi connectivity index (χ0v) is 13.8. The van der Waals surface area contributed by atoms with Crippen LogP contribution in [0.5, 0.6) is 0 Å². The summed E-state index contributed by atoms with van der Waals surface area (Å²) in [6.07, 6.45) is -0.753. The second kappa shape index (κ2) is 6.59. The summed E-state index contributed by atoms with van der Waals surface area (Å²) in [5.41, 5.74) is 4.36. The van der Waals surface area contributed by atoms with E-state index in [1.807, 2.05) is 12.1 Å². The fourth-order valence-corrected chi connectivity index (χ4v) is 3.23. The van der Waals surface area contributed by atoms with Crippen LogP contribution < -0.4 is 5.32 Å². The Morgan fingerprint density at radius 1 is 0.800 bits per heavy atom. The van der Waals surface area contributed by atoms with Crippen molar-refractivity contribution >= 4 is 27.5 Å². The molecule has 1 atom stereocenters. The van der Waals surface area contributed by atoms with Crippen LogP contribution in [0.1, 0.15) is 0 Å². The van der Waals surface area contributed by atoms with E-state index in [9.17, 15) is 5.11 Å². The van der Waals surface area contributed by atoms with Crippen LogP contribution >= 0.6 is 0 Å². The molecule has 0 bridgehead atoms. The van der Waals surface area contributed by atoms with E-state index in [4.69, 9.17) is 5.11 Å². The first-order valence-electron chi connectivity index (χ1n) is 8.39. The Balaban J connectivity index is 1.76. The molecule has 25 heavy (non-hydrogen) atoms. The van der Waals surface area contributed by atoms with Gasteiger partial charge in [0.15, 0.2) is 0 Å². The summed E-state index contributed by atoms with van der Waals surface area (Å²) in [5.74, 6) is 0. The standard InChI is InChI=1S/C21H20N2O2/c24-14-17(25)13-22-15-9-11-16(12-10-15)23-20-7-3-1-5-18(20)19-6-2-4-8-21(19)23/h1-12,17,22,24-25H,13-14H2. The normalized spacial score (nSPS) is 12.6. The van der Waals surface area contributed by atoms with Crippen molar-refractivity contribution in [2.24, 2.45) is 0 Å². The Bertz CT molecular complexity index is 952. The van der Waals surface area contributed by atoms with E-state index in [1.54, 1.807) is 0 Å². The molecule has 0 aliphatic rings. The number of rotatable bonds is 5. The number of aromatic nitrogens is 1. The first kappa shape index (κ1) is 15.7. The lowest BCUT2D eigenvalue weighted by molar-refractivity contribution is 0.105. The molecular formula is C21H20N2O2. The first-order chi connectivity index (χ1) is 12.3. The van der Waals surface area contributed by atoms with Crippen molar-refractivity contribution < 1.29 is 10.2 Å². The molecule has 0 fully saturated rings. The van der Waals surface area contributed by atoms with E-state index in [1.165, 1.54) is 21.8 Å². The van der Waals surface area contributed by atoms with E-state index < -0.39 is 6.10 Å². The van der Waals surface area contributed by atoms with Crippen molar-refractivity contribution in [3.8, 4) is 5.69 Å². The van der Waals surface area contributed by atoms with Crippen molar-refractivity contribution in [1.29, 1.82) is 0 Å². The average Bonchev–Trinajstić information content (AvgIpc) is 3.01. The fraction of sp³-hybridized carbons (Fsp3) is 0.143. The molecule has 3 N–H and O–H groups in total. The molecule has 0 amide bonds. The third kappa shape index (κ3) is 2.86. The molecule has 0 radical (unpaired) electrons. The molecule has 4 nitrogen and oxygen atoms in total. The fourth-order valence-electron chi connectivity index (χ4n) is 3.23. The van der Waals surface area contributed by atoms with Crippen LogP contribution in [0.15, 0.2) is 72.8 Å². The van der Waals surface area contributed by atoms with E-state index >= 15 is 0 Å². The quantitative estimate of drug-likeness (QED) is 0.524. The minimum atomic E-state index is -0.753. The van der Waals surface area contributed by atoms with Gasteiger partial charge in [-0.15, -0.1) is 0 Å². The summed E-state index contributed by atoms with van der Waals surface area (Å²) in [6.45, 7) is 0.0810. The van der Waals surface area contributed by atoms with Crippen molar-refractivity contribution in [1.82, 2.24) is 4.57 Å². The number of aliphatic hydroxyl groups excluding tert-OH is 2. The van der Waals surface area contributed by atoms with Crippen LogP contribution in [0.25, 0.3) is 27.5 Å². The van der Waals surface area contributed by atoms with Gasteiger partial charge in [-0.2, -0.15) is 0 Å². The molecule has 1 heterocycles. The molecule has 126 valence electrons. The minimum Gasteiger partial charge on any atom is -0.394 e. The number of nitrogens with one attached hydrogen (secondary N) is 1. The minimum absolute atomic E-state index is 0.244. The third-order valence-corrected chi connectivity index (χ3v) is 4.46. The van der Waals surface area contributed by atoms with Gasteiger partial charge in [-0.1, -0.05) is 36.4 Å². The van der Waals surface area contributed by atoms with Gasteiger partial charge in [0.25, 0.3) is 0 Å². The second-order valence-electron chi connectivity index (χ2n) is 6.13. The van der Waals surface area contributed by atoms with Gasteiger partial charge in [0.05, 0.1) is 23.7 Å². The SMILES string of the molecule is OCC(O)CNc1ccc(-n2c3ccccc3c3ccccc32)cc1. The summed E-state index contributed by atoms with van der Waals surface area (Å²) in [5, 5.41) is 23.9. The largest absolute Gasteiger partial charge is 0.394 e. The predicted octanol–water partition coefficient (Wildman–Crippen LogP) is 3.55. The summed E-state index contributed by atoms with van der Waals surface area (Å²) in [6, 6.07) is 24.9. The highest BCUT2D eigenvalue weighted by Crippen LogP contribution is 2.31. The molecule has 0 saturated carbocycles. The highest BCUT2D eigenvalue weighted by molar-refractivity contribution is 6.09. The number of para-hydroxylation sites is 2. The Labute approximate surface area is 146 Å². The van der Waals surface area contributed by atoms with Gasteiger partial charge in [0.2, 0.25) is 0 Å². The lowest BCUT2D eigenvalue weighted by Gasteiger charge is -2.12. The summed E-state index contributed by atoms with van der Waals surface area (Å²) in [4.78, 5) is 0. The smallest absolute Gasteiger partial charge is 0.0942 e. The van der Waals surface area contributed by atoms with Crippen molar-refractivity contribution in [2.45, 2.75) is 6.10 Å². The number of aliphatic hydroxyl groups is 2. The highest BCUT2D eigenvalue weighted by Gasteiger charge is 2.11. The Hall–Kier alpha value is -2.82. The second-order valence-corrected chi connectivity index (χ2v) is 6.13. The van der Waals surface area contributed by atoms with Crippen molar-refractivity contribution in [2.75, 3.05) is 18.5 Å². The Morgan fingerprint density at radius 3 is 1.92 bits per heavy atom. The first-order valence-corrected chi connectivity index (χ1v) is 8.39. The maximum absolute atomic E-state index is 9.44. The van der Waals surface area contributed by atoms with E-state index in [2.05, 4.69) is 70.5 Å². The molecule has 0 saturated heterocycles. The summed E-state index contributed by atoms with van der Waals surface area (Å²) < 4.78 is 2.26. The average molecular weight is 332 g/mol. The van der Waals surface area contributed by atoms with Gasteiger partial charge in [0, 0.05) is 28.7 Å². The molecule has 1 aromatic heterocycles. The molecule has 4 heteroatoms. The van der Waals surface area contributed by atoms with Gasteiger partial charge in [-0.3, -0.25) is 0 Å². The summed E-state index contributed by atoms with van der Waals surface area (Å²) >= 11 is 0. The van der Waals surface area contributed by atoms with E-state index in [-0.39, 0.29) is 6.61 Å². The third-order valence-electron chi connectivity index (χ3n) is 4.46. The topological polar surface area (TPSA) is 57.4 Å². The lowest BCUT2D eigenvalue weighted by atomic mass is 10.2. The molecular weight excluding hydrogens is 312 g/mol. The van der Waals surface area contributed by atoms with Crippen LogP contribution in [0.4, 0.5) is 5.69 Å². The highest BCUT2D eigenvalue weighted by atomic mass is 16.3. The predicted molar refractivity (Wildman–Crippen MR) is 102 cm³/mol. The van der Waals surface area contributed by atoms with Crippen LogP contribution in [-0.4, -0.2) is 34.0 Å². The molecule has 4 rings (SSSR count). The maximum Gasteiger partial charge on any atom is 0.0942 e. The van der Waals surface area contributed by atoms with Crippen LogP contribution in [0.2, 0.25) is 0 Å². The molecule has 0 spiro atoms. The van der Waals surface area contributed by atoms with Gasteiger partial charge < -0.3 is 20.1 Å². The zero-order valence-electron chi connectivity index (χ0n) is 13.8. The number of hydrogen-bond donors (Lipinski definition) is 3. The van der Waals surface area contributed by atoms with Gasteiger partial charge >= 0.3 is 0 Å². The van der Waals surface area contributed by atoms with Gasteiger partial charge in [0.1, 0.15) is 0 Å². The summed E-state index contributed by atoms with van der Waals surface area (Å²) in [7, 11) is 0. The van der Waals surface area contributed by atoms with Gasteiger partial charge in [-0.25, -0.2) is 0 Å². The van der Waals surface area contributed by atoms with E-state index in [0.717, 1.165) is 11.4 Å². The molecule has 0 aliphatic heterocycles. The van der Waals surface area contributed by atoms with Crippen molar-refractivity contribution in [3.63, 3.8) is 0 Å². The number of nitrogens with zero attached hydrogens (tertiary/aromatic N) is 1. The maximum atomic E-state index is 9.44. The number of benzene rings is 3. The van der Waals surface area contributed by atoms with Crippen LogP contribution in [-0.2, 0) is 0 Å². The van der Waals surface area contributed by atoms with Crippen LogP contribution in [0.3, 0.4) is 0 Å². The van der Waals surface area contributed by atoms with Gasteiger partial charge in [-0.05, 0) is 36.4 Å².